The molecule has 2 heterocycles. The lowest BCUT2D eigenvalue weighted by molar-refractivity contribution is -0.115. The molecule has 0 spiro atoms. The first-order valence-electron chi connectivity index (χ1n) is 7.23. The first-order valence-corrected chi connectivity index (χ1v) is 8.21. The van der Waals surface area contributed by atoms with Crippen molar-refractivity contribution >= 4 is 28.8 Å². The third-order valence-corrected chi connectivity index (χ3v) is 4.36. The van der Waals surface area contributed by atoms with Gasteiger partial charge in [0.2, 0.25) is 5.91 Å². The van der Waals surface area contributed by atoms with Crippen LogP contribution in [0.4, 0.5) is 0 Å². The first-order chi connectivity index (χ1) is 11.5. The summed E-state index contributed by atoms with van der Waals surface area (Å²) in [6.45, 7) is 2.33. The second kappa shape index (κ2) is 6.79. The molecule has 24 heavy (non-hydrogen) atoms. The summed E-state index contributed by atoms with van der Waals surface area (Å²) in [4.78, 5) is 36.4. The second-order valence-electron chi connectivity index (χ2n) is 5.25. The van der Waals surface area contributed by atoms with Crippen LogP contribution in [0.1, 0.15) is 11.1 Å². The maximum atomic E-state index is 12.8. The van der Waals surface area contributed by atoms with Crippen molar-refractivity contribution in [2.24, 2.45) is 5.73 Å². The molecule has 0 bridgehead atoms. The van der Waals surface area contributed by atoms with Crippen molar-refractivity contribution in [3.05, 3.63) is 58.1 Å². The summed E-state index contributed by atoms with van der Waals surface area (Å²) >= 11 is 1.12. The van der Waals surface area contributed by atoms with Crippen molar-refractivity contribution in [1.29, 1.82) is 0 Å². The Balaban J connectivity index is 2.09. The van der Waals surface area contributed by atoms with Gasteiger partial charge in [-0.15, -0.1) is 0 Å². The molecule has 0 aliphatic carbocycles. The van der Waals surface area contributed by atoms with Crippen LogP contribution < -0.4 is 11.3 Å². The fourth-order valence-corrected chi connectivity index (χ4v) is 2.92. The Bertz CT molecular complexity index is 953. The summed E-state index contributed by atoms with van der Waals surface area (Å²) in [5, 5.41) is 0.396. The van der Waals surface area contributed by atoms with Gasteiger partial charge in [-0.2, -0.15) is 0 Å². The van der Waals surface area contributed by atoms with Gasteiger partial charge in [-0.3, -0.25) is 14.2 Å². The fourth-order valence-electron chi connectivity index (χ4n) is 2.19. The van der Waals surface area contributed by atoms with Crippen molar-refractivity contribution in [1.82, 2.24) is 19.5 Å². The molecule has 7 nitrogen and oxygen atoms in total. The molecule has 0 atom stereocenters. The third-order valence-electron chi connectivity index (χ3n) is 3.36. The number of primary amides is 1. The summed E-state index contributed by atoms with van der Waals surface area (Å²) in [6.07, 6.45) is 2.93. The van der Waals surface area contributed by atoms with E-state index < -0.39 is 5.91 Å². The summed E-state index contributed by atoms with van der Waals surface area (Å²) in [6, 6.07) is 7.85. The average Bonchev–Trinajstić information content (AvgIpc) is 2.57. The normalized spacial score (nSPS) is 10.9. The second-order valence-corrected chi connectivity index (χ2v) is 6.20. The van der Waals surface area contributed by atoms with Crippen LogP contribution in [0, 0.1) is 6.92 Å². The van der Waals surface area contributed by atoms with Crippen molar-refractivity contribution in [3.8, 4) is 0 Å². The van der Waals surface area contributed by atoms with Crippen molar-refractivity contribution in [2.75, 3.05) is 5.75 Å². The average molecular weight is 341 g/mol. The van der Waals surface area contributed by atoms with Gasteiger partial charge in [0.15, 0.2) is 16.3 Å². The molecule has 1 amide bonds. The summed E-state index contributed by atoms with van der Waals surface area (Å²) in [7, 11) is 0. The van der Waals surface area contributed by atoms with E-state index in [1.54, 1.807) is 0 Å². The van der Waals surface area contributed by atoms with E-state index in [1.807, 2.05) is 31.2 Å². The minimum Gasteiger partial charge on any atom is -0.369 e. The third kappa shape index (κ3) is 3.43. The molecule has 122 valence electrons. The number of aryl methyl sites for hydroxylation is 1. The number of amides is 1. The topological polar surface area (TPSA) is 104 Å². The van der Waals surface area contributed by atoms with E-state index in [2.05, 4.69) is 15.0 Å². The zero-order chi connectivity index (χ0) is 17.1. The SMILES string of the molecule is Cc1ccc(Cn2c(SCC(N)=O)nc3nccnc3c2=O)cc1. The minimum atomic E-state index is -0.477. The Morgan fingerprint density at radius 2 is 1.92 bits per heavy atom. The van der Waals surface area contributed by atoms with Crippen LogP contribution in [-0.2, 0) is 11.3 Å². The number of nitrogens with zero attached hydrogens (tertiary/aromatic N) is 4. The number of thioether (sulfide) groups is 1. The van der Waals surface area contributed by atoms with E-state index in [0.29, 0.717) is 11.7 Å². The van der Waals surface area contributed by atoms with Gasteiger partial charge in [0.25, 0.3) is 5.56 Å². The van der Waals surface area contributed by atoms with Crippen LogP contribution in [-0.4, -0.2) is 31.2 Å². The number of carbonyl (C=O) groups is 1. The number of carbonyl (C=O) groups excluding carboxylic acids is 1. The summed E-state index contributed by atoms with van der Waals surface area (Å²) in [5.41, 5.74) is 7.47. The Labute approximate surface area is 142 Å². The maximum absolute atomic E-state index is 12.8. The van der Waals surface area contributed by atoms with Gasteiger partial charge in [0, 0.05) is 12.4 Å². The number of rotatable bonds is 5. The molecule has 2 N–H and O–H groups in total. The van der Waals surface area contributed by atoms with Crippen LogP contribution in [0.15, 0.2) is 46.6 Å². The fraction of sp³-hybridized carbons (Fsp3) is 0.188. The summed E-state index contributed by atoms with van der Waals surface area (Å²) in [5.74, 6) is -0.443. The van der Waals surface area contributed by atoms with Crippen LogP contribution in [0.3, 0.4) is 0 Å². The Kier molecular flexibility index (Phi) is 4.57. The number of fused-ring (bicyclic) bond motifs is 1. The van der Waals surface area contributed by atoms with Crippen LogP contribution in [0.5, 0.6) is 0 Å². The van der Waals surface area contributed by atoms with Gasteiger partial charge >= 0.3 is 0 Å². The molecule has 0 aliphatic rings. The van der Waals surface area contributed by atoms with E-state index in [0.717, 1.165) is 22.9 Å². The predicted molar refractivity (Wildman–Crippen MR) is 91.8 cm³/mol. The molecular formula is C16H15N5O2S. The van der Waals surface area contributed by atoms with E-state index in [9.17, 15) is 9.59 Å². The molecule has 0 unspecified atom stereocenters. The zero-order valence-electron chi connectivity index (χ0n) is 13.0. The lowest BCUT2D eigenvalue weighted by atomic mass is 10.1. The van der Waals surface area contributed by atoms with Gasteiger partial charge in [-0.25, -0.2) is 15.0 Å². The molecule has 0 saturated heterocycles. The maximum Gasteiger partial charge on any atom is 0.282 e. The molecule has 8 heteroatoms. The Hall–Kier alpha value is -2.74. The molecule has 0 saturated carbocycles. The lowest BCUT2D eigenvalue weighted by Gasteiger charge is -2.12. The molecule has 0 aliphatic heterocycles. The highest BCUT2D eigenvalue weighted by Crippen LogP contribution is 2.17. The standard InChI is InChI=1S/C16H15N5O2S/c1-10-2-4-11(5-3-10)8-21-15(23)13-14(19-7-6-18-13)20-16(21)24-9-12(17)22/h2-7H,8-9H2,1H3,(H2,17,22). The quantitative estimate of drug-likeness (QED) is 0.551. The number of hydrogen-bond donors (Lipinski definition) is 1. The molecule has 0 radical (unpaired) electrons. The van der Waals surface area contributed by atoms with Crippen molar-refractivity contribution in [3.63, 3.8) is 0 Å². The number of hydrogen-bond acceptors (Lipinski definition) is 6. The largest absolute Gasteiger partial charge is 0.369 e. The van der Waals surface area contributed by atoms with E-state index in [-0.39, 0.29) is 22.5 Å². The molecule has 3 aromatic rings. The van der Waals surface area contributed by atoms with Gasteiger partial charge < -0.3 is 5.73 Å². The molecule has 3 rings (SSSR count). The van der Waals surface area contributed by atoms with Crippen molar-refractivity contribution < 1.29 is 4.79 Å². The Morgan fingerprint density at radius 3 is 2.62 bits per heavy atom. The van der Waals surface area contributed by atoms with E-state index in [4.69, 9.17) is 5.73 Å². The summed E-state index contributed by atoms with van der Waals surface area (Å²) < 4.78 is 1.50. The van der Waals surface area contributed by atoms with Crippen molar-refractivity contribution in [2.45, 2.75) is 18.6 Å². The lowest BCUT2D eigenvalue weighted by Crippen LogP contribution is -2.26. The molecule has 1 aromatic carbocycles. The highest BCUT2D eigenvalue weighted by atomic mass is 32.2. The molecule has 0 fully saturated rings. The first kappa shape index (κ1) is 16.1. The van der Waals surface area contributed by atoms with E-state index >= 15 is 0 Å². The monoisotopic (exact) mass is 341 g/mol. The smallest absolute Gasteiger partial charge is 0.282 e. The number of aromatic nitrogens is 4. The van der Waals surface area contributed by atoms with E-state index in [1.165, 1.54) is 17.0 Å². The predicted octanol–water partition coefficient (Wildman–Crippen LogP) is 1.12. The number of benzene rings is 1. The highest BCUT2D eigenvalue weighted by Gasteiger charge is 2.14. The van der Waals surface area contributed by atoms with Crippen LogP contribution in [0.2, 0.25) is 0 Å². The Morgan fingerprint density at radius 1 is 1.21 bits per heavy atom. The van der Waals surface area contributed by atoms with Gasteiger partial charge in [-0.1, -0.05) is 41.6 Å². The van der Waals surface area contributed by atoms with Gasteiger partial charge in [-0.05, 0) is 12.5 Å². The minimum absolute atomic E-state index is 0.0338. The highest BCUT2D eigenvalue weighted by molar-refractivity contribution is 7.99. The van der Waals surface area contributed by atoms with Gasteiger partial charge in [0.1, 0.15) is 0 Å². The van der Waals surface area contributed by atoms with Crippen LogP contribution >= 0.6 is 11.8 Å². The molecule has 2 aromatic heterocycles. The molecular weight excluding hydrogens is 326 g/mol. The van der Waals surface area contributed by atoms with Crippen LogP contribution in [0.25, 0.3) is 11.2 Å². The number of nitrogens with two attached hydrogens (primary N) is 1. The zero-order valence-corrected chi connectivity index (χ0v) is 13.8. The van der Waals surface area contributed by atoms with Gasteiger partial charge in [0.05, 0.1) is 12.3 Å².